The van der Waals surface area contributed by atoms with Gasteiger partial charge in [-0.05, 0) is 119 Å². The normalized spacial score (nSPS) is 23.5. The fourth-order valence-electron chi connectivity index (χ4n) is 10.4. The van der Waals surface area contributed by atoms with E-state index < -0.39 is 29.7 Å². The third kappa shape index (κ3) is 7.10. The van der Waals surface area contributed by atoms with E-state index in [0.29, 0.717) is 47.4 Å². The Balaban J connectivity index is 0.735. The lowest BCUT2D eigenvalue weighted by atomic mass is 9.76. The summed E-state index contributed by atoms with van der Waals surface area (Å²) < 4.78 is 0. The minimum absolute atomic E-state index is 0.0776. The fourth-order valence-corrected chi connectivity index (χ4v) is 10.6. The van der Waals surface area contributed by atoms with Crippen LogP contribution in [0.15, 0.2) is 60.7 Å². The van der Waals surface area contributed by atoms with Crippen LogP contribution < -0.4 is 20.0 Å². The summed E-state index contributed by atoms with van der Waals surface area (Å²) in [7, 11) is 2.16. The highest BCUT2D eigenvalue weighted by molar-refractivity contribution is 6.32. The monoisotopic (exact) mass is 816 g/mol. The zero-order valence-corrected chi connectivity index (χ0v) is 34.3. The maximum atomic E-state index is 13.6. The molecular weight excluding hydrogens is 768 g/mol. The molecule has 6 heterocycles. The van der Waals surface area contributed by atoms with Gasteiger partial charge in [-0.2, -0.15) is 5.26 Å². The van der Waals surface area contributed by atoms with Gasteiger partial charge in [0.25, 0.3) is 17.7 Å². The molecule has 1 N–H and O–H groups in total. The molecule has 0 bridgehead atoms. The van der Waals surface area contributed by atoms with Gasteiger partial charge in [-0.25, -0.2) is 0 Å². The molecule has 0 radical (unpaired) electrons. The van der Waals surface area contributed by atoms with Crippen molar-refractivity contribution in [2.45, 2.75) is 76.0 Å². The Morgan fingerprint density at radius 1 is 0.831 bits per heavy atom. The van der Waals surface area contributed by atoms with Crippen molar-refractivity contribution in [2.24, 2.45) is 5.41 Å². The average molecular weight is 817 g/mol. The van der Waals surface area contributed by atoms with Gasteiger partial charge < -0.3 is 19.6 Å². The standard InChI is InChI=1S/C45H49ClN8O5/c1-28-23-45(27-53(28)34-8-5-30(24-47)38(46)22-34)15-19-50(20-16-45)32-6-3-29(4-7-32)42(57)51-17-13-31(14-18-51)49(2)35-25-52(26-35)33-9-10-36-37(21-33)44(59)54(43(36)58)39-11-12-40(55)48-41(39)56/h3-10,21-22,28,31,35,39H,11-20,23,25-27H2,1-2H3,(H,48,55,56)/t28-,39?/m0/s1. The predicted molar refractivity (Wildman–Crippen MR) is 224 cm³/mol. The Labute approximate surface area is 349 Å². The summed E-state index contributed by atoms with van der Waals surface area (Å²) in [6, 6.07) is 21.4. The summed E-state index contributed by atoms with van der Waals surface area (Å²) in [5, 5.41) is 12.0. The van der Waals surface area contributed by atoms with Gasteiger partial charge in [-0.3, -0.25) is 39.1 Å². The summed E-state index contributed by atoms with van der Waals surface area (Å²) in [6.45, 7) is 8.18. The number of nitriles is 1. The van der Waals surface area contributed by atoms with Crippen molar-refractivity contribution in [2.75, 3.05) is 67.6 Å². The molecule has 59 heavy (non-hydrogen) atoms. The number of nitrogens with one attached hydrogen (secondary N) is 1. The first kappa shape index (κ1) is 39.0. The molecule has 0 aromatic heterocycles. The number of hydrogen-bond donors (Lipinski definition) is 1. The highest BCUT2D eigenvalue weighted by Gasteiger charge is 2.46. The van der Waals surface area contributed by atoms with Crippen molar-refractivity contribution in [1.82, 2.24) is 20.0 Å². The van der Waals surface area contributed by atoms with E-state index >= 15 is 0 Å². The smallest absolute Gasteiger partial charge is 0.262 e. The quantitative estimate of drug-likeness (QED) is 0.327. The number of anilines is 3. The van der Waals surface area contributed by atoms with Crippen molar-refractivity contribution < 1.29 is 24.0 Å². The van der Waals surface area contributed by atoms with E-state index in [4.69, 9.17) is 11.6 Å². The first-order chi connectivity index (χ1) is 28.4. The maximum Gasteiger partial charge on any atom is 0.262 e. The summed E-state index contributed by atoms with van der Waals surface area (Å²) in [6.07, 6.45) is 5.35. The van der Waals surface area contributed by atoms with E-state index in [-0.39, 0.29) is 29.7 Å². The van der Waals surface area contributed by atoms with Crippen molar-refractivity contribution >= 4 is 58.2 Å². The highest BCUT2D eigenvalue weighted by atomic mass is 35.5. The van der Waals surface area contributed by atoms with Gasteiger partial charge in [0.05, 0.1) is 21.7 Å². The summed E-state index contributed by atoms with van der Waals surface area (Å²) >= 11 is 6.38. The van der Waals surface area contributed by atoms with Gasteiger partial charge in [0.15, 0.2) is 0 Å². The predicted octanol–water partition coefficient (Wildman–Crippen LogP) is 4.92. The second-order valence-corrected chi connectivity index (χ2v) is 17.8. The lowest BCUT2D eigenvalue weighted by Crippen LogP contribution is -2.62. The lowest BCUT2D eigenvalue weighted by Gasteiger charge is -2.49. The molecule has 5 saturated heterocycles. The van der Waals surface area contributed by atoms with Crippen molar-refractivity contribution in [1.29, 1.82) is 5.26 Å². The Morgan fingerprint density at radius 2 is 1.51 bits per heavy atom. The molecule has 3 aromatic rings. The molecule has 306 valence electrons. The molecule has 5 fully saturated rings. The number of benzene rings is 3. The molecule has 1 unspecified atom stereocenters. The van der Waals surface area contributed by atoms with Crippen LogP contribution in [0.3, 0.4) is 0 Å². The molecule has 9 rings (SSSR count). The molecule has 0 aliphatic carbocycles. The zero-order valence-electron chi connectivity index (χ0n) is 33.5. The van der Waals surface area contributed by atoms with Crippen LogP contribution in [0.5, 0.6) is 0 Å². The fraction of sp³-hybridized carbons (Fsp3) is 0.467. The van der Waals surface area contributed by atoms with Crippen LogP contribution in [0.25, 0.3) is 0 Å². The van der Waals surface area contributed by atoms with Crippen molar-refractivity contribution in [3.8, 4) is 6.07 Å². The number of carbonyl (C=O) groups is 5. The van der Waals surface area contributed by atoms with E-state index in [1.165, 1.54) is 0 Å². The number of nitrogens with zero attached hydrogens (tertiary/aromatic N) is 7. The molecule has 1 spiro atoms. The molecule has 5 amide bonds. The van der Waals surface area contributed by atoms with Crippen molar-refractivity contribution in [3.63, 3.8) is 0 Å². The summed E-state index contributed by atoms with van der Waals surface area (Å²) in [5.74, 6) is -1.93. The van der Waals surface area contributed by atoms with Gasteiger partial charge in [0.2, 0.25) is 11.8 Å². The Kier molecular flexibility index (Phi) is 10.1. The number of hydrogen-bond acceptors (Lipinski definition) is 10. The third-order valence-corrected chi connectivity index (χ3v) is 14.3. The first-order valence-corrected chi connectivity index (χ1v) is 21.2. The molecule has 2 atom stereocenters. The highest BCUT2D eigenvalue weighted by Crippen LogP contribution is 2.46. The number of likely N-dealkylation sites (N-methyl/N-ethyl adjacent to an activating group) is 1. The molecule has 14 heteroatoms. The molecule has 0 saturated carbocycles. The summed E-state index contributed by atoms with van der Waals surface area (Å²) in [4.78, 5) is 76.6. The maximum absolute atomic E-state index is 13.6. The number of amides is 5. The van der Waals surface area contributed by atoms with Gasteiger partial charge in [-0.15, -0.1) is 0 Å². The van der Waals surface area contributed by atoms with E-state index in [2.05, 4.69) is 57.1 Å². The second-order valence-electron chi connectivity index (χ2n) is 17.4. The Morgan fingerprint density at radius 3 is 2.19 bits per heavy atom. The van der Waals surface area contributed by atoms with Crippen LogP contribution in [0, 0.1) is 16.7 Å². The number of fused-ring (bicyclic) bond motifs is 1. The Hall–Kier alpha value is -5.45. The number of rotatable bonds is 7. The van der Waals surface area contributed by atoms with Crippen LogP contribution in [0.1, 0.15) is 88.5 Å². The number of imide groups is 2. The second kappa shape index (κ2) is 15.3. The number of likely N-dealkylation sites (tertiary alicyclic amines) is 1. The Bertz CT molecular complexity index is 2250. The van der Waals surface area contributed by atoms with Gasteiger partial charge in [-0.1, -0.05) is 11.6 Å². The van der Waals surface area contributed by atoms with Gasteiger partial charge in [0, 0.05) is 93.0 Å². The molecular formula is C45H49ClN8O5. The SMILES string of the molecule is C[C@H]1CC2(CCN(c3ccc(C(=O)N4CCC(N(C)C5CN(c6ccc7c(c6)C(=O)N(C6CCC(=O)NC6=O)C7=O)C5)CC4)cc3)CC2)CN1c1ccc(C#N)c(Cl)c1. The van der Waals surface area contributed by atoms with E-state index in [1.807, 2.05) is 41.3 Å². The summed E-state index contributed by atoms with van der Waals surface area (Å²) in [5.41, 5.74) is 5.15. The van der Waals surface area contributed by atoms with E-state index in [9.17, 15) is 29.2 Å². The number of carbonyl (C=O) groups excluding carboxylic acids is 5. The van der Waals surface area contributed by atoms with Crippen molar-refractivity contribution in [3.05, 3.63) is 87.9 Å². The zero-order chi connectivity index (χ0) is 41.2. The lowest BCUT2D eigenvalue weighted by molar-refractivity contribution is -0.136. The van der Waals surface area contributed by atoms with Crippen LogP contribution in [-0.4, -0.2) is 121 Å². The van der Waals surface area contributed by atoms with E-state index in [0.717, 1.165) is 92.4 Å². The molecule has 13 nitrogen and oxygen atoms in total. The van der Waals surface area contributed by atoms with Gasteiger partial charge in [0.1, 0.15) is 12.1 Å². The molecule has 6 aliphatic rings. The number of piperidine rings is 3. The largest absolute Gasteiger partial charge is 0.371 e. The molecule has 6 aliphatic heterocycles. The van der Waals surface area contributed by atoms with E-state index in [1.54, 1.807) is 12.1 Å². The van der Waals surface area contributed by atoms with Crippen LogP contribution >= 0.6 is 11.6 Å². The average Bonchev–Trinajstić information content (AvgIpc) is 3.68. The number of halogens is 1. The van der Waals surface area contributed by atoms with Crippen LogP contribution in [0.2, 0.25) is 5.02 Å². The van der Waals surface area contributed by atoms with Gasteiger partial charge >= 0.3 is 0 Å². The topological polar surface area (TPSA) is 141 Å². The van der Waals surface area contributed by atoms with Crippen LogP contribution in [-0.2, 0) is 9.59 Å². The molecule has 3 aromatic carbocycles. The minimum Gasteiger partial charge on any atom is -0.371 e. The third-order valence-electron chi connectivity index (χ3n) is 14.0. The van der Waals surface area contributed by atoms with Crippen LogP contribution in [0.4, 0.5) is 17.1 Å². The first-order valence-electron chi connectivity index (χ1n) is 20.8. The minimum atomic E-state index is -0.981.